The minimum Gasteiger partial charge on any atom is -0.406 e. The van der Waals surface area contributed by atoms with Crippen molar-refractivity contribution < 1.29 is 22.7 Å². The second kappa shape index (κ2) is 5.93. The molecule has 0 saturated carbocycles. The van der Waals surface area contributed by atoms with Gasteiger partial charge in [-0.3, -0.25) is 10.1 Å². The van der Waals surface area contributed by atoms with Gasteiger partial charge >= 0.3 is 6.36 Å². The number of hydrogen-bond donors (Lipinski definition) is 1. The minimum atomic E-state index is -4.70. The number of benzene rings is 1. The van der Waals surface area contributed by atoms with Crippen LogP contribution in [0.2, 0.25) is 0 Å². The van der Waals surface area contributed by atoms with Gasteiger partial charge < -0.3 is 9.64 Å². The van der Waals surface area contributed by atoms with Crippen molar-refractivity contribution >= 4 is 5.91 Å². The first-order valence-corrected chi connectivity index (χ1v) is 6.70. The number of carbonyl (C=O) groups is 1. The third-order valence-electron chi connectivity index (χ3n) is 3.40. The third kappa shape index (κ3) is 3.66. The number of halogens is 3. The van der Waals surface area contributed by atoms with E-state index in [1.807, 2.05) is 6.92 Å². The molecule has 2 rings (SSSR count). The van der Waals surface area contributed by atoms with Crippen LogP contribution in [0.25, 0.3) is 0 Å². The van der Waals surface area contributed by atoms with Gasteiger partial charge in [0, 0.05) is 7.05 Å². The summed E-state index contributed by atoms with van der Waals surface area (Å²) in [5.41, 5.74) is 0.721. The monoisotopic (exact) mass is 302 g/mol. The van der Waals surface area contributed by atoms with Gasteiger partial charge in [0.1, 0.15) is 11.9 Å². The predicted octanol–water partition coefficient (Wildman–Crippen LogP) is 2.81. The Morgan fingerprint density at radius 2 is 1.90 bits per heavy atom. The number of amides is 1. The van der Waals surface area contributed by atoms with Gasteiger partial charge in [-0.05, 0) is 24.1 Å². The summed E-state index contributed by atoms with van der Waals surface area (Å²) in [7, 11) is 1.68. The van der Waals surface area contributed by atoms with Crippen molar-refractivity contribution in [3.63, 3.8) is 0 Å². The Hall–Kier alpha value is -1.76. The molecule has 1 heterocycles. The Bertz CT molecular complexity index is 502. The summed E-state index contributed by atoms with van der Waals surface area (Å²) in [6.07, 6.45) is -3.42. The lowest BCUT2D eigenvalue weighted by Crippen LogP contribution is -2.28. The number of nitrogens with one attached hydrogen (secondary N) is 1. The zero-order chi connectivity index (χ0) is 15.6. The highest BCUT2D eigenvalue weighted by Gasteiger charge is 2.36. The first-order valence-electron chi connectivity index (χ1n) is 6.70. The minimum absolute atomic E-state index is 0.00234. The lowest BCUT2D eigenvalue weighted by molar-refractivity contribution is -0.274. The topological polar surface area (TPSA) is 41.6 Å². The van der Waals surface area contributed by atoms with E-state index >= 15 is 0 Å². The summed E-state index contributed by atoms with van der Waals surface area (Å²) >= 11 is 0. The Morgan fingerprint density at radius 3 is 2.43 bits per heavy atom. The molecule has 0 radical (unpaired) electrons. The number of ether oxygens (including phenoxy) is 1. The highest BCUT2D eigenvalue weighted by molar-refractivity contribution is 5.84. The molecule has 1 saturated heterocycles. The van der Waals surface area contributed by atoms with E-state index < -0.39 is 6.36 Å². The SMILES string of the molecule is CCCC1NC(c2ccc(OC(F)(F)F)cc2)N(C)C1=O. The van der Waals surface area contributed by atoms with Gasteiger partial charge in [-0.15, -0.1) is 13.2 Å². The van der Waals surface area contributed by atoms with Crippen molar-refractivity contribution in [2.45, 2.75) is 38.3 Å². The smallest absolute Gasteiger partial charge is 0.406 e. The molecule has 1 N–H and O–H groups in total. The molecule has 0 aromatic heterocycles. The summed E-state index contributed by atoms with van der Waals surface area (Å²) in [6.45, 7) is 1.99. The van der Waals surface area contributed by atoms with Crippen LogP contribution in [-0.4, -0.2) is 30.3 Å². The Kier molecular flexibility index (Phi) is 4.41. The summed E-state index contributed by atoms with van der Waals surface area (Å²) in [4.78, 5) is 13.6. The van der Waals surface area contributed by atoms with Gasteiger partial charge in [0.2, 0.25) is 5.91 Å². The average Bonchev–Trinajstić information content (AvgIpc) is 2.67. The molecular formula is C14H17F3N2O2. The number of alkyl halides is 3. The van der Waals surface area contributed by atoms with Gasteiger partial charge in [0.25, 0.3) is 0 Å². The van der Waals surface area contributed by atoms with Crippen LogP contribution < -0.4 is 10.1 Å². The van der Waals surface area contributed by atoms with Crippen molar-refractivity contribution in [3.05, 3.63) is 29.8 Å². The molecular weight excluding hydrogens is 285 g/mol. The molecule has 0 aliphatic carbocycles. The molecule has 7 heteroatoms. The van der Waals surface area contributed by atoms with Crippen molar-refractivity contribution in [2.75, 3.05) is 7.05 Å². The molecule has 1 aliphatic rings. The fourth-order valence-electron chi connectivity index (χ4n) is 2.41. The highest BCUT2D eigenvalue weighted by Crippen LogP contribution is 2.28. The van der Waals surface area contributed by atoms with Gasteiger partial charge in [0.05, 0.1) is 6.04 Å². The average molecular weight is 302 g/mol. The van der Waals surface area contributed by atoms with Crippen LogP contribution in [-0.2, 0) is 4.79 Å². The molecule has 116 valence electrons. The predicted molar refractivity (Wildman–Crippen MR) is 70.5 cm³/mol. The molecule has 4 nitrogen and oxygen atoms in total. The molecule has 21 heavy (non-hydrogen) atoms. The third-order valence-corrected chi connectivity index (χ3v) is 3.40. The van der Waals surface area contributed by atoms with Crippen LogP contribution in [0.3, 0.4) is 0 Å². The van der Waals surface area contributed by atoms with Crippen molar-refractivity contribution in [1.82, 2.24) is 10.2 Å². The van der Waals surface area contributed by atoms with Crippen LogP contribution in [0, 0.1) is 0 Å². The molecule has 2 atom stereocenters. The fraction of sp³-hybridized carbons (Fsp3) is 0.500. The van der Waals surface area contributed by atoms with Gasteiger partial charge in [0.15, 0.2) is 0 Å². The Labute approximate surface area is 120 Å². The molecule has 0 spiro atoms. The molecule has 1 amide bonds. The maximum Gasteiger partial charge on any atom is 0.573 e. The summed E-state index contributed by atoms with van der Waals surface area (Å²) in [5.74, 6) is -0.277. The van der Waals surface area contributed by atoms with Crippen LogP contribution in [0.1, 0.15) is 31.5 Å². The lowest BCUT2D eigenvalue weighted by atomic mass is 10.1. The number of carbonyl (C=O) groups excluding carboxylic acids is 1. The molecule has 0 bridgehead atoms. The van der Waals surface area contributed by atoms with Gasteiger partial charge in [-0.1, -0.05) is 25.5 Å². The fourth-order valence-corrected chi connectivity index (χ4v) is 2.41. The van der Waals surface area contributed by atoms with E-state index in [1.54, 1.807) is 11.9 Å². The summed E-state index contributed by atoms with van der Waals surface area (Å²) < 4.78 is 40.1. The molecule has 2 unspecified atom stereocenters. The second-order valence-corrected chi connectivity index (χ2v) is 4.98. The number of likely N-dealkylation sites (N-methyl/N-ethyl adjacent to an activating group) is 1. The molecule has 1 fully saturated rings. The van der Waals surface area contributed by atoms with Crippen molar-refractivity contribution in [3.8, 4) is 5.75 Å². The van der Waals surface area contributed by atoms with Crippen LogP contribution in [0.5, 0.6) is 5.75 Å². The van der Waals surface area contributed by atoms with Crippen molar-refractivity contribution in [1.29, 1.82) is 0 Å². The normalized spacial score (nSPS) is 22.7. The second-order valence-electron chi connectivity index (χ2n) is 4.98. The maximum atomic E-state index is 12.1. The van der Waals surface area contributed by atoms with E-state index in [0.717, 1.165) is 18.4 Å². The number of hydrogen-bond acceptors (Lipinski definition) is 3. The largest absolute Gasteiger partial charge is 0.573 e. The number of rotatable bonds is 4. The maximum absolute atomic E-state index is 12.1. The summed E-state index contributed by atoms with van der Waals surface area (Å²) in [5, 5.41) is 3.19. The van der Waals surface area contributed by atoms with E-state index in [4.69, 9.17) is 0 Å². The summed E-state index contributed by atoms with van der Waals surface area (Å²) in [6, 6.07) is 5.30. The highest BCUT2D eigenvalue weighted by atomic mass is 19.4. The zero-order valence-corrected chi connectivity index (χ0v) is 11.8. The first-order chi connectivity index (χ1) is 9.81. The first kappa shape index (κ1) is 15.6. The van der Waals surface area contributed by atoms with Crippen LogP contribution >= 0.6 is 0 Å². The van der Waals surface area contributed by atoms with Gasteiger partial charge in [-0.2, -0.15) is 0 Å². The van der Waals surface area contributed by atoms with Crippen molar-refractivity contribution in [2.24, 2.45) is 0 Å². The lowest BCUT2D eigenvalue weighted by Gasteiger charge is -2.20. The molecule has 1 aliphatic heterocycles. The Balaban J connectivity index is 2.10. The quantitative estimate of drug-likeness (QED) is 0.930. The molecule has 1 aromatic rings. The molecule has 1 aromatic carbocycles. The van der Waals surface area contributed by atoms with E-state index in [2.05, 4.69) is 10.1 Å². The van der Waals surface area contributed by atoms with E-state index in [1.165, 1.54) is 24.3 Å². The number of nitrogens with zero attached hydrogens (tertiary/aromatic N) is 1. The van der Waals surface area contributed by atoms with Crippen LogP contribution in [0.15, 0.2) is 24.3 Å². The van der Waals surface area contributed by atoms with E-state index in [0.29, 0.717) is 0 Å². The van der Waals surface area contributed by atoms with Crippen LogP contribution in [0.4, 0.5) is 13.2 Å². The standard InChI is InChI=1S/C14H17F3N2O2/c1-3-4-11-13(20)19(2)12(18-11)9-5-7-10(8-6-9)21-14(15,16)17/h5-8,11-12,18H,3-4H2,1-2H3. The van der Waals surface area contributed by atoms with E-state index in [9.17, 15) is 18.0 Å². The van der Waals surface area contributed by atoms with E-state index in [-0.39, 0.29) is 23.9 Å². The zero-order valence-electron chi connectivity index (χ0n) is 11.8. The van der Waals surface area contributed by atoms with Gasteiger partial charge in [-0.25, -0.2) is 0 Å². The Morgan fingerprint density at radius 1 is 1.29 bits per heavy atom.